The maximum absolute atomic E-state index is 13.3. The first-order valence-corrected chi connectivity index (χ1v) is 6.71. The van der Waals surface area contributed by atoms with Crippen LogP contribution >= 0.6 is 0 Å². The van der Waals surface area contributed by atoms with Gasteiger partial charge in [-0.25, -0.2) is 9.67 Å². The van der Waals surface area contributed by atoms with Gasteiger partial charge in [0, 0.05) is 18.0 Å². The van der Waals surface area contributed by atoms with E-state index in [0.717, 1.165) is 6.07 Å². The molecule has 0 aliphatic rings. The van der Waals surface area contributed by atoms with Gasteiger partial charge in [0.1, 0.15) is 5.69 Å². The molecule has 9 heteroatoms. The Balaban J connectivity index is 2.18. The predicted molar refractivity (Wildman–Crippen MR) is 78.1 cm³/mol. The second kappa shape index (κ2) is 5.76. The molecule has 2 N–H and O–H groups in total. The van der Waals surface area contributed by atoms with E-state index in [1.54, 1.807) is 12.1 Å². The van der Waals surface area contributed by atoms with Crippen molar-refractivity contribution < 1.29 is 18.0 Å². The molecule has 3 heterocycles. The number of carbonyl (C=O) groups is 1. The Morgan fingerprint density at radius 1 is 1.17 bits per heavy atom. The monoisotopic (exact) mass is 333 g/mol. The van der Waals surface area contributed by atoms with E-state index in [0.29, 0.717) is 10.2 Å². The summed E-state index contributed by atoms with van der Waals surface area (Å²) in [5.41, 5.74) is 4.46. The SMILES string of the molecule is NC(=O)c1cccc(-n2nc(-c3cccnc3)cc2C(F)(F)F)n1. The zero-order valence-electron chi connectivity index (χ0n) is 12.0. The van der Waals surface area contributed by atoms with Crippen LogP contribution in [0.3, 0.4) is 0 Å². The second-order valence-corrected chi connectivity index (χ2v) is 4.81. The Kier molecular flexibility index (Phi) is 3.76. The Morgan fingerprint density at radius 3 is 2.58 bits per heavy atom. The molecule has 3 aromatic heterocycles. The molecule has 3 rings (SSSR count). The Labute approximate surface area is 133 Å². The van der Waals surface area contributed by atoms with Crippen LogP contribution in [-0.4, -0.2) is 25.7 Å². The van der Waals surface area contributed by atoms with Gasteiger partial charge in [-0.2, -0.15) is 18.3 Å². The molecule has 24 heavy (non-hydrogen) atoms. The number of primary amides is 1. The normalized spacial score (nSPS) is 11.5. The average molecular weight is 333 g/mol. The minimum Gasteiger partial charge on any atom is -0.364 e. The molecule has 0 aliphatic carbocycles. The first-order valence-electron chi connectivity index (χ1n) is 6.71. The third-order valence-corrected chi connectivity index (χ3v) is 3.16. The molecule has 0 fully saturated rings. The molecule has 0 spiro atoms. The summed E-state index contributed by atoms with van der Waals surface area (Å²) < 4.78 is 40.6. The number of carbonyl (C=O) groups excluding carboxylic acids is 1. The number of aromatic nitrogens is 4. The smallest absolute Gasteiger partial charge is 0.364 e. The van der Waals surface area contributed by atoms with E-state index in [9.17, 15) is 18.0 Å². The fourth-order valence-corrected chi connectivity index (χ4v) is 2.09. The van der Waals surface area contributed by atoms with Gasteiger partial charge in [-0.15, -0.1) is 0 Å². The summed E-state index contributed by atoms with van der Waals surface area (Å²) in [6, 6.07) is 8.08. The molecule has 122 valence electrons. The quantitative estimate of drug-likeness (QED) is 0.797. The minimum atomic E-state index is -4.65. The van der Waals surface area contributed by atoms with Crippen LogP contribution in [0.2, 0.25) is 0 Å². The number of rotatable bonds is 3. The second-order valence-electron chi connectivity index (χ2n) is 4.81. The van der Waals surface area contributed by atoms with Crippen LogP contribution in [-0.2, 0) is 6.18 Å². The van der Waals surface area contributed by atoms with Gasteiger partial charge in [-0.05, 0) is 30.3 Å². The molecule has 0 radical (unpaired) electrons. The Bertz CT molecular complexity index is 890. The van der Waals surface area contributed by atoms with Gasteiger partial charge in [-0.3, -0.25) is 9.78 Å². The number of halogens is 3. The van der Waals surface area contributed by atoms with Crippen molar-refractivity contribution in [2.45, 2.75) is 6.18 Å². The molecule has 0 aromatic carbocycles. The molecule has 1 amide bonds. The summed E-state index contributed by atoms with van der Waals surface area (Å²) in [5.74, 6) is -1.00. The van der Waals surface area contributed by atoms with Crippen molar-refractivity contribution in [2.24, 2.45) is 5.73 Å². The summed E-state index contributed by atoms with van der Waals surface area (Å²) in [7, 11) is 0. The van der Waals surface area contributed by atoms with Crippen molar-refractivity contribution in [3.63, 3.8) is 0 Å². The molecule has 0 bridgehead atoms. The van der Waals surface area contributed by atoms with Crippen LogP contribution < -0.4 is 5.73 Å². The van der Waals surface area contributed by atoms with Gasteiger partial charge in [0.15, 0.2) is 11.5 Å². The van der Waals surface area contributed by atoms with Crippen molar-refractivity contribution >= 4 is 5.91 Å². The van der Waals surface area contributed by atoms with E-state index in [-0.39, 0.29) is 17.2 Å². The van der Waals surface area contributed by atoms with Crippen molar-refractivity contribution in [1.29, 1.82) is 0 Å². The van der Waals surface area contributed by atoms with Crippen molar-refractivity contribution in [1.82, 2.24) is 19.7 Å². The van der Waals surface area contributed by atoms with Crippen LogP contribution in [0, 0.1) is 0 Å². The highest BCUT2D eigenvalue weighted by Crippen LogP contribution is 2.33. The summed E-state index contributed by atoms with van der Waals surface area (Å²) in [4.78, 5) is 18.9. The Hall–Kier alpha value is -3.23. The van der Waals surface area contributed by atoms with Gasteiger partial charge < -0.3 is 5.73 Å². The lowest BCUT2D eigenvalue weighted by Gasteiger charge is -2.09. The third kappa shape index (κ3) is 2.96. The first kappa shape index (κ1) is 15.7. The molecular weight excluding hydrogens is 323 g/mol. The zero-order chi connectivity index (χ0) is 17.3. The maximum Gasteiger partial charge on any atom is 0.433 e. The molecule has 0 aliphatic heterocycles. The lowest BCUT2D eigenvalue weighted by atomic mass is 10.2. The fraction of sp³-hybridized carbons (Fsp3) is 0.0667. The minimum absolute atomic E-state index is 0.0849. The topological polar surface area (TPSA) is 86.7 Å². The summed E-state index contributed by atoms with van der Waals surface area (Å²) >= 11 is 0. The van der Waals surface area contributed by atoms with Crippen molar-refractivity contribution in [3.05, 3.63) is 60.2 Å². The first-order chi connectivity index (χ1) is 11.4. The standard InChI is InChI=1S/C15H10F3N5O/c16-15(17,18)12-7-11(9-3-2-6-20-8-9)22-23(12)13-5-1-4-10(21-13)14(19)24/h1-8H,(H2,19,24). The van der Waals surface area contributed by atoms with Gasteiger partial charge in [0.2, 0.25) is 0 Å². The van der Waals surface area contributed by atoms with E-state index in [1.165, 1.54) is 30.6 Å². The third-order valence-electron chi connectivity index (χ3n) is 3.16. The van der Waals surface area contributed by atoms with Gasteiger partial charge >= 0.3 is 6.18 Å². The van der Waals surface area contributed by atoms with E-state index in [1.807, 2.05) is 0 Å². The molecule has 3 aromatic rings. The molecule has 0 saturated carbocycles. The number of nitrogens with zero attached hydrogens (tertiary/aromatic N) is 4. The van der Waals surface area contributed by atoms with E-state index in [2.05, 4.69) is 15.1 Å². The summed E-state index contributed by atoms with van der Waals surface area (Å²) in [5, 5.41) is 3.96. The van der Waals surface area contributed by atoms with E-state index in [4.69, 9.17) is 5.73 Å². The molecule has 0 saturated heterocycles. The average Bonchev–Trinajstić information content (AvgIpc) is 3.01. The summed E-state index contributed by atoms with van der Waals surface area (Å²) in [6.07, 6.45) is -1.75. The number of hydrogen-bond acceptors (Lipinski definition) is 4. The molecule has 0 unspecified atom stereocenters. The highest BCUT2D eigenvalue weighted by Gasteiger charge is 2.37. The van der Waals surface area contributed by atoms with E-state index < -0.39 is 17.8 Å². The van der Waals surface area contributed by atoms with Crippen molar-refractivity contribution in [3.8, 4) is 17.1 Å². The number of hydrogen-bond donors (Lipinski definition) is 1. The molecular formula is C15H10F3N5O. The molecule has 6 nitrogen and oxygen atoms in total. The van der Waals surface area contributed by atoms with Crippen LogP contribution in [0.5, 0.6) is 0 Å². The van der Waals surface area contributed by atoms with Gasteiger partial charge in [-0.1, -0.05) is 6.07 Å². The van der Waals surface area contributed by atoms with E-state index >= 15 is 0 Å². The van der Waals surface area contributed by atoms with Gasteiger partial charge in [0.05, 0.1) is 5.69 Å². The number of pyridine rings is 2. The summed E-state index contributed by atoms with van der Waals surface area (Å²) in [6.45, 7) is 0. The number of amides is 1. The number of nitrogens with two attached hydrogens (primary N) is 1. The highest BCUT2D eigenvalue weighted by molar-refractivity contribution is 5.90. The molecule has 0 atom stereocenters. The van der Waals surface area contributed by atoms with Crippen LogP contribution in [0.4, 0.5) is 13.2 Å². The van der Waals surface area contributed by atoms with Crippen molar-refractivity contribution in [2.75, 3.05) is 0 Å². The van der Waals surface area contributed by atoms with Gasteiger partial charge in [0.25, 0.3) is 5.91 Å². The Morgan fingerprint density at radius 2 is 1.96 bits per heavy atom. The van der Waals surface area contributed by atoms with Crippen LogP contribution in [0.1, 0.15) is 16.2 Å². The lowest BCUT2D eigenvalue weighted by Crippen LogP contribution is -2.17. The largest absolute Gasteiger partial charge is 0.433 e. The zero-order valence-corrected chi connectivity index (χ0v) is 12.0. The fourth-order valence-electron chi connectivity index (χ4n) is 2.09. The van der Waals surface area contributed by atoms with Crippen LogP contribution in [0.25, 0.3) is 17.1 Å². The predicted octanol–water partition coefficient (Wildman–Crippen LogP) is 2.45. The lowest BCUT2D eigenvalue weighted by molar-refractivity contribution is -0.142. The maximum atomic E-state index is 13.3. The number of alkyl halides is 3. The highest BCUT2D eigenvalue weighted by atomic mass is 19.4. The van der Waals surface area contributed by atoms with Crippen LogP contribution in [0.15, 0.2) is 48.8 Å².